The zero-order valence-electron chi connectivity index (χ0n) is 12.0. The molecule has 2 N–H and O–H groups in total. The summed E-state index contributed by atoms with van der Waals surface area (Å²) in [5, 5.41) is 0. The largest absolute Gasteiger partial charge is 0.487 e. The minimum Gasteiger partial charge on any atom is -0.487 e. The van der Waals surface area contributed by atoms with E-state index in [2.05, 4.69) is 11.8 Å². The number of piperidine rings is 1. The highest BCUT2D eigenvalue weighted by atomic mass is 16.5. The lowest BCUT2D eigenvalue weighted by atomic mass is 9.83. The summed E-state index contributed by atoms with van der Waals surface area (Å²) in [4.78, 5) is 13.7. The molecule has 1 aromatic carbocycles. The van der Waals surface area contributed by atoms with Crippen molar-refractivity contribution in [1.82, 2.24) is 4.90 Å². The van der Waals surface area contributed by atoms with Gasteiger partial charge >= 0.3 is 0 Å². The third-order valence-electron chi connectivity index (χ3n) is 4.74. The van der Waals surface area contributed by atoms with E-state index in [1.165, 1.54) is 0 Å². The van der Waals surface area contributed by atoms with Crippen LogP contribution in [0, 0.1) is 0 Å². The van der Waals surface area contributed by atoms with E-state index in [1.54, 1.807) is 6.07 Å². The van der Waals surface area contributed by atoms with E-state index in [9.17, 15) is 4.79 Å². The van der Waals surface area contributed by atoms with Gasteiger partial charge in [0.1, 0.15) is 11.4 Å². The van der Waals surface area contributed by atoms with Crippen LogP contribution in [0.2, 0.25) is 0 Å². The van der Waals surface area contributed by atoms with Crippen molar-refractivity contribution in [3.63, 3.8) is 0 Å². The fourth-order valence-corrected chi connectivity index (χ4v) is 3.30. The maximum atomic E-state index is 11.2. The van der Waals surface area contributed by atoms with Crippen molar-refractivity contribution in [3.05, 3.63) is 29.3 Å². The number of carbonyl (C=O) groups is 1. The van der Waals surface area contributed by atoms with E-state index in [1.807, 2.05) is 12.1 Å². The highest BCUT2D eigenvalue weighted by molar-refractivity contribution is 5.93. The molecule has 3 rings (SSSR count). The third kappa shape index (κ3) is 2.40. The van der Waals surface area contributed by atoms with Gasteiger partial charge in [0.15, 0.2) is 0 Å². The zero-order chi connectivity index (χ0) is 14.2. The number of hydrogen-bond acceptors (Lipinski definition) is 3. The van der Waals surface area contributed by atoms with Gasteiger partial charge in [0.2, 0.25) is 5.91 Å². The predicted octanol–water partition coefficient (Wildman–Crippen LogP) is 1.96. The number of fused-ring (bicyclic) bond motifs is 1. The van der Waals surface area contributed by atoms with Gasteiger partial charge in [0, 0.05) is 18.7 Å². The molecule has 0 aliphatic carbocycles. The van der Waals surface area contributed by atoms with E-state index in [0.29, 0.717) is 5.56 Å². The van der Waals surface area contributed by atoms with Crippen LogP contribution in [0.1, 0.15) is 42.1 Å². The minimum absolute atomic E-state index is 0.00686. The van der Waals surface area contributed by atoms with E-state index in [0.717, 1.165) is 56.6 Å². The molecule has 1 spiro atoms. The normalized spacial score (nSPS) is 21.2. The Morgan fingerprint density at radius 1 is 1.35 bits per heavy atom. The summed E-state index contributed by atoms with van der Waals surface area (Å²) in [5.74, 6) is 0.565. The summed E-state index contributed by atoms with van der Waals surface area (Å²) >= 11 is 0. The number of aryl methyl sites for hydroxylation is 1. The first kappa shape index (κ1) is 13.4. The fourth-order valence-electron chi connectivity index (χ4n) is 3.30. The average molecular weight is 274 g/mol. The summed E-state index contributed by atoms with van der Waals surface area (Å²) in [6.07, 6.45) is 4.21. The molecule has 1 amide bonds. The van der Waals surface area contributed by atoms with Gasteiger partial charge in [0.25, 0.3) is 0 Å². The Bertz CT molecular complexity index is 519. The van der Waals surface area contributed by atoms with Crippen LogP contribution in [0.4, 0.5) is 0 Å². The molecule has 1 aromatic rings. The highest BCUT2D eigenvalue weighted by Gasteiger charge is 2.39. The number of rotatable bonds is 2. The van der Waals surface area contributed by atoms with Crippen molar-refractivity contribution in [3.8, 4) is 5.75 Å². The van der Waals surface area contributed by atoms with E-state index < -0.39 is 0 Å². The maximum Gasteiger partial charge on any atom is 0.248 e. The first-order valence-electron chi connectivity index (χ1n) is 7.46. The zero-order valence-corrected chi connectivity index (χ0v) is 12.0. The topological polar surface area (TPSA) is 55.6 Å². The molecular weight excluding hydrogens is 252 g/mol. The van der Waals surface area contributed by atoms with Gasteiger partial charge in [-0.15, -0.1) is 0 Å². The van der Waals surface area contributed by atoms with Gasteiger partial charge in [-0.2, -0.15) is 0 Å². The second-order valence-corrected chi connectivity index (χ2v) is 5.91. The molecule has 20 heavy (non-hydrogen) atoms. The molecule has 0 bridgehead atoms. The Labute approximate surface area is 119 Å². The molecule has 0 aromatic heterocycles. The number of benzene rings is 1. The Morgan fingerprint density at radius 2 is 2.10 bits per heavy atom. The average Bonchev–Trinajstić information content (AvgIpc) is 2.47. The molecule has 108 valence electrons. The monoisotopic (exact) mass is 274 g/mol. The van der Waals surface area contributed by atoms with E-state index in [4.69, 9.17) is 10.5 Å². The van der Waals surface area contributed by atoms with Gasteiger partial charge in [0.05, 0.1) is 0 Å². The standard InChI is InChI=1S/C16H22N2O2/c1-2-18-9-7-16(8-10-18)6-5-12-11-13(15(17)19)3-4-14(12)20-16/h3-4,11H,2,5-10H2,1H3,(H2,17,19). The molecule has 2 heterocycles. The quantitative estimate of drug-likeness (QED) is 0.897. The minimum atomic E-state index is -0.371. The lowest BCUT2D eigenvalue weighted by Gasteiger charge is -2.44. The lowest BCUT2D eigenvalue weighted by molar-refractivity contribution is -0.0132. The van der Waals surface area contributed by atoms with Crippen molar-refractivity contribution >= 4 is 5.91 Å². The lowest BCUT2D eigenvalue weighted by Crippen LogP contribution is -2.49. The van der Waals surface area contributed by atoms with Gasteiger partial charge in [-0.3, -0.25) is 4.79 Å². The van der Waals surface area contributed by atoms with Crippen molar-refractivity contribution < 1.29 is 9.53 Å². The Balaban J connectivity index is 1.77. The van der Waals surface area contributed by atoms with Gasteiger partial charge in [-0.05, 0) is 56.0 Å². The van der Waals surface area contributed by atoms with Crippen LogP contribution < -0.4 is 10.5 Å². The van der Waals surface area contributed by atoms with Gasteiger partial charge in [-0.25, -0.2) is 0 Å². The van der Waals surface area contributed by atoms with Crippen LogP contribution in [0.15, 0.2) is 18.2 Å². The summed E-state index contributed by atoms with van der Waals surface area (Å²) < 4.78 is 6.31. The number of nitrogens with zero attached hydrogens (tertiary/aromatic N) is 1. The molecule has 0 saturated carbocycles. The molecule has 2 aliphatic rings. The first-order chi connectivity index (χ1) is 9.62. The number of ether oxygens (including phenoxy) is 1. The smallest absolute Gasteiger partial charge is 0.248 e. The van der Waals surface area contributed by atoms with Crippen LogP contribution >= 0.6 is 0 Å². The van der Waals surface area contributed by atoms with Crippen molar-refractivity contribution in [2.75, 3.05) is 19.6 Å². The van der Waals surface area contributed by atoms with Crippen LogP contribution in [-0.4, -0.2) is 36.0 Å². The number of nitrogens with two attached hydrogens (primary N) is 1. The molecule has 4 heteroatoms. The molecule has 4 nitrogen and oxygen atoms in total. The second kappa shape index (κ2) is 5.09. The Hall–Kier alpha value is -1.55. The number of amides is 1. The van der Waals surface area contributed by atoms with Crippen molar-refractivity contribution in [2.24, 2.45) is 5.73 Å². The molecule has 0 unspecified atom stereocenters. The van der Waals surface area contributed by atoms with Crippen molar-refractivity contribution in [2.45, 2.75) is 38.2 Å². The van der Waals surface area contributed by atoms with E-state index in [-0.39, 0.29) is 11.5 Å². The highest BCUT2D eigenvalue weighted by Crippen LogP contribution is 2.39. The third-order valence-corrected chi connectivity index (χ3v) is 4.74. The molecule has 1 fully saturated rings. The fraction of sp³-hybridized carbons (Fsp3) is 0.562. The molecule has 1 saturated heterocycles. The van der Waals surface area contributed by atoms with Crippen LogP contribution in [0.25, 0.3) is 0 Å². The van der Waals surface area contributed by atoms with Crippen LogP contribution in [0.5, 0.6) is 5.75 Å². The SMILES string of the molecule is CCN1CCC2(CCc3cc(C(N)=O)ccc3O2)CC1. The molecule has 2 aliphatic heterocycles. The maximum absolute atomic E-state index is 11.2. The van der Waals surface area contributed by atoms with Crippen LogP contribution in [-0.2, 0) is 6.42 Å². The predicted molar refractivity (Wildman–Crippen MR) is 78.0 cm³/mol. The summed E-state index contributed by atoms with van der Waals surface area (Å²) in [5.41, 5.74) is 7.02. The Kier molecular flexibility index (Phi) is 3.42. The Morgan fingerprint density at radius 3 is 2.75 bits per heavy atom. The summed E-state index contributed by atoms with van der Waals surface area (Å²) in [6.45, 7) is 5.56. The van der Waals surface area contributed by atoms with Gasteiger partial charge < -0.3 is 15.4 Å². The molecule has 0 atom stereocenters. The summed E-state index contributed by atoms with van der Waals surface area (Å²) in [7, 11) is 0. The second-order valence-electron chi connectivity index (χ2n) is 5.91. The summed E-state index contributed by atoms with van der Waals surface area (Å²) in [6, 6.07) is 5.55. The van der Waals surface area contributed by atoms with Crippen molar-refractivity contribution in [1.29, 1.82) is 0 Å². The first-order valence-corrected chi connectivity index (χ1v) is 7.46. The van der Waals surface area contributed by atoms with Crippen LogP contribution in [0.3, 0.4) is 0 Å². The number of likely N-dealkylation sites (tertiary alicyclic amines) is 1. The molecule has 0 radical (unpaired) electrons. The van der Waals surface area contributed by atoms with E-state index >= 15 is 0 Å². The van der Waals surface area contributed by atoms with Gasteiger partial charge in [-0.1, -0.05) is 6.92 Å². The molecular formula is C16H22N2O2. The number of hydrogen-bond donors (Lipinski definition) is 1. The number of carbonyl (C=O) groups excluding carboxylic acids is 1. The number of primary amides is 1.